The standard InChI is InChI=1S/2C9H12N6.C2H6O.H2O/c2*10-9-12-7-6(5-11-14-7)8(13-9)15-3-1-2-4-15;1-2-3;/h2*5H,1-4H2,(H3,10,11,12,13,14);3H,2H2,1H3;1H2. The van der Waals surface area contributed by atoms with Crippen LogP contribution >= 0.6 is 0 Å². The summed E-state index contributed by atoms with van der Waals surface area (Å²) in [5.74, 6) is 2.41. The zero-order valence-electron chi connectivity index (χ0n) is 19.2. The Morgan fingerprint density at radius 3 is 1.47 bits per heavy atom. The summed E-state index contributed by atoms with van der Waals surface area (Å²) in [6.45, 7) is 6.08. The van der Waals surface area contributed by atoms with Crippen LogP contribution in [0, 0.1) is 0 Å². The van der Waals surface area contributed by atoms with E-state index in [1.165, 1.54) is 25.7 Å². The number of aromatic nitrogens is 8. The maximum atomic E-state index is 7.57. The highest BCUT2D eigenvalue weighted by Gasteiger charge is 2.19. The van der Waals surface area contributed by atoms with Crippen LogP contribution in [0.2, 0.25) is 0 Å². The Morgan fingerprint density at radius 2 is 1.12 bits per heavy atom. The summed E-state index contributed by atoms with van der Waals surface area (Å²) in [5, 5.41) is 23.0. The van der Waals surface area contributed by atoms with Crippen LogP contribution in [0.25, 0.3) is 22.1 Å². The average molecular weight is 473 g/mol. The minimum Gasteiger partial charge on any atom is -0.412 e. The van der Waals surface area contributed by atoms with Crippen LogP contribution in [0.1, 0.15) is 32.6 Å². The van der Waals surface area contributed by atoms with E-state index in [9.17, 15) is 0 Å². The van der Waals surface area contributed by atoms with E-state index < -0.39 is 0 Å². The number of H-pyrrole nitrogens is 2. The normalized spacial score (nSPS) is 15.0. The highest BCUT2D eigenvalue weighted by atomic mass is 16.2. The van der Waals surface area contributed by atoms with Gasteiger partial charge in [-0.15, -0.1) is 0 Å². The van der Waals surface area contributed by atoms with E-state index in [4.69, 9.17) is 16.6 Å². The lowest BCUT2D eigenvalue weighted by Crippen LogP contribution is -2.20. The molecule has 0 spiro atoms. The van der Waals surface area contributed by atoms with Gasteiger partial charge in [-0.3, -0.25) is 10.2 Å². The van der Waals surface area contributed by atoms with Gasteiger partial charge in [0.25, 0.3) is 0 Å². The van der Waals surface area contributed by atoms with E-state index >= 15 is 0 Å². The molecule has 0 saturated carbocycles. The van der Waals surface area contributed by atoms with Gasteiger partial charge in [-0.1, -0.05) is 0 Å². The molecule has 184 valence electrons. The van der Waals surface area contributed by atoms with Gasteiger partial charge in [0, 0.05) is 32.8 Å². The third kappa shape index (κ3) is 5.40. The predicted molar refractivity (Wildman–Crippen MR) is 131 cm³/mol. The summed E-state index contributed by atoms with van der Waals surface area (Å²) >= 11 is 0. The topological polar surface area (TPSA) is 219 Å². The molecule has 0 aliphatic carbocycles. The zero-order chi connectivity index (χ0) is 23.2. The highest BCUT2D eigenvalue weighted by Crippen LogP contribution is 2.27. The Labute approximate surface area is 196 Å². The molecule has 2 saturated heterocycles. The van der Waals surface area contributed by atoms with Crippen molar-refractivity contribution in [2.24, 2.45) is 0 Å². The van der Waals surface area contributed by atoms with E-state index in [0.29, 0.717) is 23.2 Å². The molecule has 0 amide bonds. The van der Waals surface area contributed by atoms with Crippen LogP contribution in [-0.2, 0) is 0 Å². The summed E-state index contributed by atoms with van der Waals surface area (Å²) in [4.78, 5) is 21.2. The number of nitrogens with two attached hydrogens (primary N) is 2. The van der Waals surface area contributed by atoms with Crippen molar-refractivity contribution in [3.63, 3.8) is 0 Å². The lowest BCUT2D eigenvalue weighted by molar-refractivity contribution is 0.318. The van der Waals surface area contributed by atoms with Crippen LogP contribution < -0.4 is 21.3 Å². The summed E-state index contributed by atoms with van der Waals surface area (Å²) in [5.41, 5.74) is 12.7. The molecule has 14 nitrogen and oxygen atoms in total. The lowest BCUT2D eigenvalue weighted by atomic mass is 10.3. The maximum Gasteiger partial charge on any atom is 0.224 e. The van der Waals surface area contributed by atoms with Gasteiger partial charge in [0.1, 0.15) is 11.6 Å². The van der Waals surface area contributed by atoms with Crippen molar-refractivity contribution >= 4 is 45.6 Å². The van der Waals surface area contributed by atoms with E-state index in [2.05, 4.69) is 50.1 Å². The highest BCUT2D eigenvalue weighted by molar-refractivity contribution is 5.88. The molecule has 34 heavy (non-hydrogen) atoms. The number of aliphatic hydroxyl groups excluding tert-OH is 1. The second kappa shape index (κ2) is 11.4. The van der Waals surface area contributed by atoms with Gasteiger partial charge in [-0.25, -0.2) is 0 Å². The number of hydrogen-bond acceptors (Lipinski definition) is 11. The van der Waals surface area contributed by atoms with Crippen molar-refractivity contribution in [1.82, 2.24) is 40.3 Å². The maximum absolute atomic E-state index is 7.57. The van der Waals surface area contributed by atoms with Crippen molar-refractivity contribution in [2.45, 2.75) is 32.6 Å². The largest absolute Gasteiger partial charge is 0.412 e. The SMILES string of the molecule is CCO.Nc1nc(N2CCCC2)c2cn[nH]c2n1.Nc1nc(N2CCCC2)c2cn[nH]c2n1.O. The molecular formula is C20H32N12O2. The van der Waals surface area contributed by atoms with E-state index in [1.54, 1.807) is 19.3 Å². The Morgan fingerprint density at radius 1 is 0.765 bits per heavy atom. The molecule has 0 radical (unpaired) electrons. The number of anilines is 4. The Kier molecular flexibility index (Phi) is 8.32. The molecule has 0 bridgehead atoms. The zero-order valence-corrected chi connectivity index (χ0v) is 19.2. The van der Waals surface area contributed by atoms with Gasteiger partial charge in [0.05, 0.1) is 23.2 Å². The summed E-state index contributed by atoms with van der Waals surface area (Å²) in [7, 11) is 0. The van der Waals surface area contributed by atoms with Crippen molar-refractivity contribution in [3.8, 4) is 0 Å². The fraction of sp³-hybridized carbons (Fsp3) is 0.500. The van der Waals surface area contributed by atoms with Gasteiger partial charge in [0.15, 0.2) is 11.3 Å². The van der Waals surface area contributed by atoms with E-state index in [-0.39, 0.29) is 12.1 Å². The molecule has 6 rings (SSSR count). The molecule has 0 unspecified atom stereocenters. The fourth-order valence-corrected chi connectivity index (χ4v) is 4.01. The smallest absolute Gasteiger partial charge is 0.224 e. The second-order valence-corrected chi connectivity index (χ2v) is 7.78. The molecule has 2 fully saturated rings. The lowest BCUT2D eigenvalue weighted by Gasteiger charge is -2.16. The van der Waals surface area contributed by atoms with Crippen LogP contribution in [0.5, 0.6) is 0 Å². The molecule has 9 N–H and O–H groups in total. The molecule has 4 aromatic heterocycles. The van der Waals surface area contributed by atoms with Gasteiger partial charge >= 0.3 is 0 Å². The van der Waals surface area contributed by atoms with Gasteiger partial charge in [-0.2, -0.15) is 30.1 Å². The predicted octanol–water partition coefficient (Wildman–Crippen LogP) is 0.245. The molecule has 6 heterocycles. The number of aliphatic hydroxyl groups is 1. The quantitative estimate of drug-likeness (QED) is 0.266. The number of nitrogen functional groups attached to an aromatic ring is 2. The molecule has 0 atom stereocenters. The molecule has 14 heteroatoms. The first-order valence-electron chi connectivity index (χ1n) is 11.1. The van der Waals surface area contributed by atoms with Crippen molar-refractivity contribution in [2.75, 3.05) is 54.1 Å². The van der Waals surface area contributed by atoms with Crippen molar-refractivity contribution < 1.29 is 10.6 Å². The number of aromatic amines is 2. The van der Waals surface area contributed by atoms with Gasteiger partial charge < -0.3 is 31.8 Å². The Hall–Kier alpha value is -3.78. The molecule has 2 aliphatic heterocycles. The van der Waals surface area contributed by atoms with Gasteiger partial charge in [-0.05, 0) is 32.6 Å². The van der Waals surface area contributed by atoms with Gasteiger partial charge in [0.2, 0.25) is 11.9 Å². The summed E-state index contributed by atoms with van der Waals surface area (Å²) in [6, 6.07) is 0. The van der Waals surface area contributed by atoms with Crippen LogP contribution in [0.15, 0.2) is 12.4 Å². The summed E-state index contributed by atoms with van der Waals surface area (Å²) in [6.07, 6.45) is 8.35. The fourth-order valence-electron chi connectivity index (χ4n) is 4.01. The Balaban J connectivity index is 0.000000167. The molecule has 2 aliphatic rings. The average Bonchev–Trinajstić information content (AvgIpc) is 3.61. The second-order valence-electron chi connectivity index (χ2n) is 7.78. The first-order valence-corrected chi connectivity index (χ1v) is 11.1. The summed E-state index contributed by atoms with van der Waals surface area (Å²) < 4.78 is 0. The molecular weight excluding hydrogens is 440 g/mol. The minimum atomic E-state index is 0. The third-order valence-corrected chi connectivity index (χ3v) is 5.43. The van der Waals surface area contributed by atoms with E-state index in [1.807, 2.05) is 0 Å². The third-order valence-electron chi connectivity index (χ3n) is 5.43. The van der Waals surface area contributed by atoms with Crippen molar-refractivity contribution in [3.05, 3.63) is 12.4 Å². The van der Waals surface area contributed by atoms with E-state index in [0.717, 1.165) is 48.6 Å². The minimum absolute atomic E-state index is 0. The number of fused-ring (bicyclic) bond motifs is 2. The first-order chi connectivity index (χ1) is 16.1. The number of nitrogens with zero attached hydrogens (tertiary/aromatic N) is 8. The van der Waals surface area contributed by atoms with Crippen LogP contribution in [0.3, 0.4) is 0 Å². The molecule has 4 aromatic rings. The monoisotopic (exact) mass is 472 g/mol. The Bertz CT molecular complexity index is 1090. The van der Waals surface area contributed by atoms with Crippen LogP contribution in [0.4, 0.5) is 23.5 Å². The van der Waals surface area contributed by atoms with Crippen LogP contribution in [-0.4, -0.2) is 83.7 Å². The number of rotatable bonds is 2. The molecule has 0 aromatic carbocycles. The number of hydrogen-bond donors (Lipinski definition) is 5. The first kappa shape index (κ1) is 24.9. The van der Waals surface area contributed by atoms with Crippen molar-refractivity contribution in [1.29, 1.82) is 0 Å². The number of nitrogens with one attached hydrogen (secondary N) is 2.